The third kappa shape index (κ3) is 4.45. The highest BCUT2D eigenvalue weighted by atomic mass is 14.1. The van der Waals surface area contributed by atoms with Crippen LogP contribution in [0.5, 0.6) is 0 Å². The molecule has 0 N–H and O–H groups in total. The van der Waals surface area contributed by atoms with Gasteiger partial charge in [-0.15, -0.1) is 0 Å². The first kappa shape index (κ1) is 11.3. The molecule has 77 valence electrons. The molecule has 1 rings (SSSR count). The third-order valence-corrected chi connectivity index (χ3v) is 2.58. The van der Waals surface area contributed by atoms with E-state index in [1.54, 1.807) is 0 Å². The molecule has 0 spiro atoms. The maximum atomic E-state index is 4.21. The molecule has 0 fully saturated rings. The Morgan fingerprint density at radius 2 is 1.86 bits per heavy atom. The number of hydrogen-bond acceptors (Lipinski definition) is 0. The van der Waals surface area contributed by atoms with Gasteiger partial charge in [-0.3, -0.25) is 0 Å². The Kier molecular flexibility index (Phi) is 5.36. The zero-order valence-electron chi connectivity index (χ0n) is 9.21. The zero-order chi connectivity index (χ0) is 10.2. The quantitative estimate of drug-likeness (QED) is 0.586. The van der Waals surface area contributed by atoms with Gasteiger partial charge in [-0.2, -0.15) is 0 Å². The highest BCUT2D eigenvalue weighted by Crippen LogP contribution is 2.14. The van der Waals surface area contributed by atoms with E-state index in [0.29, 0.717) is 5.92 Å². The fraction of sp³-hybridized carbons (Fsp3) is 0.500. The third-order valence-electron chi connectivity index (χ3n) is 2.58. The summed E-state index contributed by atoms with van der Waals surface area (Å²) in [5.74, 6) is 0.587. The van der Waals surface area contributed by atoms with Crippen LogP contribution < -0.4 is 0 Å². The molecule has 0 amide bonds. The van der Waals surface area contributed by atoms with Crippen LogP contribution in [-0.4, -0.2) is 0 Å². The first-order chi connectivity index (χ1) is 6.83. The Hall–Kier alpha value is -0.780. The zero-order valence-corrected chi connectivity index (χ0v) is 9.21. The summed E-state index contributed by atoms with van der Waals surface area (Å²) in [7, 11) is 0. The molecule has 0 heteroatoms. The smallest absolute Gasteiger partial charge is 0.0250 e. The lowest BCUT2D eigenvalue weighted by Gasteiger charge is -2.10. The minimum absolute atomic E-state index is 0.587. The van der Waals surface area contributed by atoms with Crippen LogP contribution in [0.2, 0.25) is 0 Å². The average Bonchev–Trinajstić information content (AvgIpc) is 2.20. The standard InChI is InChI=1S/C14H21/c1-3-4-6-9-13(2)12-14-10-7-5-8-11-14/h5,7-8,10-11,13H,2-4,6,9,12H2,1H3. The number of benzene rings is 1. The molecule has 0 aliphatic rings. The van der Waals surface area contributed by atoms with Crippen molar-refractivity contribution < 1.29 is 0 Å². The lowest BCUT2D eigenvalue weighted by molar-refractivity contribution is 0.534. The molecule has 0 saturated carbocycles. The van der Waals surface area contributed by atoms with Crippen LogP contribution in [0.25, 0.3) is 0 Å². The maximum absolute atomic E-state index is 4.21. The summed E-state index contributed by atoms with van der Waals surface area (Å²) in [5.41, 5.74) is 1.42. The summed E-state index contributed by atoms with van der Waals surface area (Å²) in [6, 6.07) is 10.7. The van der Waals surface area contributed by atoms with Gasteiger partial charge >= 0.3 is 0 Å². The van der Waals surface area contributed by atoms with Crippen molar-refractivity contribution in [3.63, 3.8) is 0 Å². The lowest BCUT2D eigenvalue weighted by Crippen LogP contribution is -1.99. The Morgan fingerprint density at radius 3 is 2.50 bits per heavy atom. The summed E-state index contributed by atoms with van der Waals surface area (Å²) >= 11 is 0. The van der Waals surface area contributed by atoms with E-state index in [9.17, 15) is 0 Å². The summed E-state index contributed by atoms with van der Waals surface area (Å²) in [4.78, 5) is 0. The van der Waals surface area contributed by atoms with Gasteiger partial charge < -0.3 is 0 Å². The number of unbranched alkanes of at least 4 members (excludes halogenated alkanes) is 2. The van der Waals surface area contributed by atoms with Gasteiger partial charge in [-0.25, -0.2) is 0 Å². The van der Waals surface area contributed by atoms with Gasteiger partial charge in [0.05, 0.1) is 0 Å². The summed E-state index contributed by atoms with van der Waals surface area (Å²) in [6.07, 6.45) is 6.38. The Morgan fingerprint density at radius 1 is 1.14 bits per heavy atom. The first-order valence-electron chi connectivity index (χ1n) is 5.70. The van der Waals surface area contributed by atoms with Crippen molar-refractivity contribution >= 4 is 0 Å². The molecule has 0 nitrogen and oxygen atoms in total. The predicted molar refractivity (Wildman–Crippen MR) is 63.1 cm³/mol. The molecule has 0 aliphatic heterocycles. The highest BCUT2D eigenvalue weighted by Gasteiger charge is 2.02. The maximum Gasteiger partial charge on any atom is -0.0250 e. The van der Waals surface area contributed by atoms with E-state index in [-0.39, 0.29) is 0 Å². The van der Waals surface area contributed by atoms with Gasteiger partial charge in [0, 0.05) is 0 Å². The van der Waals surface area contributed by atoms with Crippen LogP contribution in [0.15, 0.2) is 30.3 Å². The van der Waals surface area contributed by atoms with Crippen molar-refractivity contribution in [1.82, 2.24) is 0 Å². The van der Waals surface area contributed by atoms with Gasteiger partial charge in [0.1, 0.15) is 0 Å². The molecular formula is C14H21. The van der Waals surface area contributed by atoms with E-state index >= 15 is 0 Å². The fourth-order valence-corrected chi connectivity index (χ4v) is 1.73. The summed E-state index contributed by atoms with van der Waals surface area (Å²) < 4.78 is 0. The number of hydrogen-bond donors (Lipinski definition) is 0. The van der Waals surface area contributed by atoms with E-state index in [1.165, 1.54) is 31.2 Å². The minimum atomic E-state index is 0.587. The molecule has 0 heterocycles. The normalized spacial score (nSPS) is 12.7. The van der Waals surface area contributed by atoms with E-state index in [0.717, 1.165) is 6.42 Å². The first-order valence-corrected chi connectivity index (χ1v) is 5.70. The molecule has 0 aliphatic carbocycles. The molecule has 1 unspecified atom stereocenters. The van der Waals surface area contributed by atoms with Crippen LogP contribution >= 0.6 is 0 Å². The molecule has 0 bridgehead atoms. The fourth-order valence-electron chi connectivity index (χ4n) is 1.73. The topological polar surface area (TPSA) is 0 Å². The Balaban J connectivity index is 2.23. The Labute approximate surface area is 88.4 Å². The molecule has 1 radical (unpaired) electrons. The van der Waals surface area contributed by atoms with Crippen LogP contribution in [-0.2, 0) is 6.42 Å². The lowest BCUT2D eigenvalue weighted by atomic mass is 9.96. The van der Waals surface area contributed by atoms with Crippen LogP contribution in [0, 0.1) is 12.8 Å². The van der Waals surface area contributed by atoms with E-state index in [2.05, 4.69) is 44.2 Å². The molecule has 1 aromatic carbocycles. The second-order valence-electron chi connectivity index (χ2n) is 4.05. The Bertz CT molecular complexity index is 225. The minimum Gasteiger partial charge on any atom is -0.0654 e. The van der Waals surface area contributed by atoms with Crippen LogP contribution in [0.4, 0.5) is 0 Å². The van der Waals surface area contributed by atoms with Crippen LogP contribution in [0.3, 0.4) is 0 Å². The van der Waals surface area contributed by atoms with Gasteiger partial charge in [-0.1, -0.05) is 62.9 Å². The molecule has 0 aromatic heterocycles. The van der Waals surface area contributed by atoms with Crippen molar-refractivity contribution in [3.8, 4) is 0 Å². The van der Waals surface area contributed by atoms with Gasteiger partial charge in [-0.05, 0) is 24.8 Å². The van der Waals surface area contributed by atoms with Crippen molar-refractivity contribution in [2.75, 3.05) is 0 Å². The molecule has 14 heavy (non-hydrogen) atoms. The molecule has 1 aromatic rings. The van der Waals surface area contributed by atoms with Gasteiger partial charge in [0.2, 0.25) is 0 Å². The van der Waals surface area contributed by atoms with Crippen molar-refractivity contribution in [2.45, 2.75) is 39.0 Å². The van der Waals surface area contributed by atoms with Crippen molar-refractivity contribution in [3.05, 3.63) is 42.8 Å². The van der Waals surface area contributed by atoms with Crippen molar-refractivity contribution in [1.29, 1.82) is 0 Å². The summed E-state index contributed by atoms with van der Waals surface area (Å²) in [5, 5.41) is 0. The monoisotopic (exact) mass is 189 g/mol. The molecule has 1 atom stereocenters. The van der Waals surface area contributed by atoms with Gasteiger partial charge in [0.25, 0.3) is 0 Å². The van der Waals surface area contributed by atoms with Crippen LogP contribution in [0.1, 0.15) is 38.2 Å². The van der Waals surface area contributed by atoms with Crippen molar-refractivity contribution in [2.24, 2.45) is 5.92 Å². The SMILES string of the molecule is [CH2]C(CCCCC)Cc1ccccc1. The predicted octanol–water partition coefficient (Wildman–Crippen LogP) is 4.26. The second-order valence-corrected chi connectivity index (χ2v) is 4.05. The van der Waals surface area contributed by atoms with E-state index < -0.39 is 0 Å². The molecular weight excluding hydrogens is 168 g/mol. The van der Waals surface area contributed by atoms with E-state index in [1.807, 2.05) is 0 Å². The largest absolute Gasteiger partial charge is 0.0654 e. The molecule has 0 saturated heterocycles. The average molecular weight is 189 g/mol. The number of rotatable bonds is 6. The second kappa shape index (κ2) is 6.64. The summed E-state index contributed by atoms with van der Waals surface area (Å²) in [6.45, 7) is 6.45. The van der Waals surface area contributed by atoms with E-state index in [4.69, 9.17) is 0 Å². The highest BCUT2D eigenvalue weighted by molar-refractivity contribution is 5.15. The van der Waals surface area contributed by atoms with Gasteiger partial charge in [0.15, 0.2) is 0 Å².